The Balaban J connectivity index is 2.74. The summed E-state index contributed by atoms with van der Waals surface area (Å²) in [5, 5.41) is 12.2. The van der Waals surface area contributed by atoms with E-state index >= 15 is 0 Å². The minimum Gasteiger partial charge on any atom is -0.508 e. The number of halogens is 1. The van der Waals surface area contributed by atoms with Crippen molar-refractivity contribution < 1.29 is 9.50 Å². The Bertz CT molecular complexity index is 301. The summed E-state index contributed by atoms with van der Waals surface area (Å²) in [6.07, 6.45) is 1.02. The van der Waals surface area contributed by atoms with Gasteiger partial charge in [0, 0.05) is 17.7 Å². The maximum absolute atomic E-state index is 13.3. The van der Waals surface area contributed by atoms with Crippen LogP contribution in [-0.2, 0) is 0 Å². The second-order valence-corrected chi connectivity index (χ2v) is 3.38. The summed E-state index contributed by atoms with van der Waals surface area (Å²) in [5.74, 6) is -0.393. The van der Waals surface area contributed by atoms with Crippen LogP contribution < -0.4 is 5.32 Å². The van der Waals surface area contributed by atoms with E-state index in [0.29, 0.717) is 5.56 Å². The Morgan fingerprint density at radius 3 is 2.79 bits per heavy atom. The number of phenols is 1. The molecule has 1 unspecified atom stereocenters. The topological polar surface area (TPSA) is 32.3 Å². The van der Waals surface area contributed by atoms with Gasteiger partial charge in [0.05, 0.1) is 0 Å². The first-order valence-electron chi connectivity index (χ1n) is 4.87. The van der Waals surface area contributed by atoms with E-state index in [9.17, 15) is 4.39 Å². The largest absolute Gasteiger partial charge is 0.508 e. The third kappa shape index (κ3) is 2.70. The van der Waals surface area contributed by atoms with Gasteiger partial charge in [-0.05, 0) is 26.0 Å². The van der Waals surface area contributed by atoms with Gasteiger partial charge in [-0.15, -0.1) is 0 Å². The number of nitrogens with one attached hydrogen (secondary N) is 1. The van der Waals surface area contributed by atoms with Crippen LogP contribution in [0.4, 0.5) is 4.39 Å². The van der Waals surface area contributed by atoms with Crippen LogP contribution in [-0.4, -0.2) is 11.7 Å². The molecule has 0 aliphatic carbocycles. The molecule has 2 nitrogen and oxygen atoms in total. The predicted octanol–water partition coefficient (Wildman–Crippen LogP) is 2.59. The third-order valence-corrected chi connectivity index (χ3v) is 2.15. The minimum atomic E-state index is -0.360. The van der Waals surface area contributed by atoms with E-state index in [1.165, 1.54) is 6.07 Å². The van der Waals surface area contributed by atoms with Gasteiger partial charge in [-0.2, -0.15) is 0 Å². The van der Waals surface area contributed by atoms with E-state index in [1.807, 2.05) is 6.92 Å². The molecule has 2 N–H and O–H groups in total. The minimum absolute atomic E-state index is 0.0180. The lowest BCUT2D eigenvalue weighted by atomic mass is 10.1. The van der Waals surface area contributed by atoms with E-state index in [2.05, 4.69) is 12.2 Å². The molecule has 0 bridgehead atoms. The van der Waals surface area contributed by atoms with Crippen molar-refractivity contribution in [1.29, 1.82) is 0 Å². The molecule has 14 heavy (non-hydrogen) atoms. The second kappa shape index (κ2) is 4.96. The zero-order valence-corrected chi connectivity index (χ0v) is 8.55. The molecule has 0 saturated carbocycles. The van der Waals surface area contributed by atoms with Crippen molar-refractivity contribution in [3.05, 3.63) is 29.6 Å². The van der Waals surface area contributed by atoms with E-state index in [4.69, 9.17) is 5.11 Å². The molecule has 0 spiro atoms. The van der Waals surface area contributed by atoms with Gasteiger partial charge in [-0.1, -0.05) is 13.0 Å². The molecule has 0 radical (unpaired) electrons. The first kappa shape index (κ1) is 11.0. The maximum Gasteiger partial charge on any atom is 0.131 e. The molecule has 0 heterocycles. The lowest BCUT2D eigenvalue weighted by Gasteiger charge is -2.14. The number of rotatable bonds is 4. The smallest absolute Gasteiger partial charge is 0.131 e. The Hall–Kier alpha value is -1.09. The highest BCUT2D eigenvalue weighted by atomic mass is 19.1. The van der Waals surface area contributed by atoms with Crippen LogP contribution in [0, 0.1) is 5.82 Å². The lowest BCUT2D eigenvalue weighted by Crippen LogP contribution is -2.20. The fourth-order valence-corrected chi connectivity index (χ4v) is 1.34. The fourth-order valence-electron chi connectivity index (χ4n) is 1.34. The van der Waals surface area contributed by atoms with Crippen molar-refractivity contribution in [2.75, 3.05) is 6.54 Å². The standard InChI is InChI=1S/C11H16FNO/c1-3-6-13-8(2)10-5-4-9(14)7-11(10)12/h4-5,7-8,13-14H,3,6H2,1-2H3. The molecule has 1 aromatic carbocycles. The van der Waals surface area contributed by atoms with Crippen molar-refractivity contribution in [2.45, 2.75) is 26.3 Å². The molecule has 0 saturated heterocycles. The third-order valence-electron chi connectivity index (χ3n) is 2.15. The molecule has 78 valence electrons. The SMILES string of the molecule is CCCNC(C)c1ccc(O)cc1F. The number of hydrogen-bond acceptors (Lipinski definition) is 2. The van der Waals surface area contributed by atoms with Gasteiger partial charge in [0.15, 0.2) is 0 Å². The van der Waals surface area contributed by atoms with Gasteiger partial charge >= 0.3 is 0 Å². The molecular formula is C11H16FNO. The van der Waals surface area contributed by atoms with Crippen molar-refractivity contribution in [3.63, 3.8) is 0 Å². The van der Waals surface area contributed by atoms with Crippen molar-refractivity contribution >= 4 is 0 Å². The Morgan fingerprint density at radius 1 is 1.50 bits per heavy atom. The summed E-state index contributed by atoms with van der Waals surface area (Å²) in [6, 6.07) is 4.23. The van der Waals surface area contributed by atoms with Crippen LogP contribution in [0.2, 0.25) is 0 Å². The Morgan fingerprint density at radius 2 is 2.21 bits per heavy atom. The van der Waals surface area contributed by atoms with Crippen molar-refractivity contribution in [1.82, 2.24) is 5.32 Å². The van der Waals surface area contributed by atoms with Gasteiger partial charge in [0.1, 0.15) is 11.6 Å². The van der Waals surface area contributed by atoms with Gasteiger partial charge in [0.25, 0.3) is 0 Å². The zero-order valence-electron chi connectivity index (χ0n) is 8.55. The molecule has 1 rings (SSSR count). The average molecular weight is 197 g/mol. The van der Waals surface area contributed by atoms with Crippen LogP contribution in [0.1, 0.15) is 31.9 Å². The van der Waals surface area contributed by atoms with Crippen LogP contribution in [0.15, 0.2) is 18.2 Å². The first-order chi connectivity index (χ1) is 6.65. The highest BCUT2D eigenvalue weighted by Gasteiger charge is 2.09. The number of phenolic OH excluding ortho intramolecular Hbond substituents is 1. The molecule has 1 aromatic rings. The van der Waals surface area contributed by atoms with E-state index in [0.717, 1.165) is 19.0 Å². The normalized spacial score (nSPS) is 12.8. The molecular weight excluding hydrogens is 181 g/mol. The fraction of sp³-hybridized carbons (Fsp3) is 0.455. The van der Waals surface area contributed by atoms with Crippen LogP contribution in [0.25, 0.3) is 0 Å². The van der Waals surface area contributed by atoms with Gasteiger partial charge in [-0.3, -0.25) is 0 Å². The lowest BCUT2D eigenvalue weighted by molar-refractivity contribution is 0.463. The molecule has 0 fully saturated rings. The average Bonchev–Trinajstić information content (AvgIpc) is 2.14. The summed E-state index contributed by atoms with van der Waals surface area (Å²) in [7, 11) is 0. The van der Waals surface area contributed by atoms with Gasteiger partial charge in [-0.25, -0.2) is 4.39 Å². The maximum atomic E-state index is 13.3. The van der Waals surface area contributed by atoms with Gasteiger partial charge in [0.2, 0.25) is 0 Å². The summed E-state index contributed by atoms with van der Waals surface area (Å²) in [5.41, 5.74) is 0.594. The summed E-state index contributed by atoms with van der Waals surface area (Å²) in [6.45, 7) is 4.83. The van der Waals surface area contributed by atoms with E-state index in [-0.39, 0.29) is 17.6 Å². The number of benzene rings is 1. The number of hydrogen-bond donors (Lipinski definition) is 2. The number of aromatic hydroxyl groups is 1. The molecule has 0 aliphatic rings. The summed E-state index contributed by atoms with van der Waals surface area (Å²) < 4.78 is 13.3. The van der Waals surface area contributed by atoms with Crippen LogP contribution in [0.3, 0.4) is 0 Å². The molecule has 0 amide bonds. The highest BCUT2D eigenvalue weighted by molar-refractivity contribution is 5.29. The van der Waals surface area contributed by atoms with Gasteiger partial charge < -0.3 is 10.4 Å². The molecule has 1 atom stereocenters. The van der Waals surface area contributed by atoms with Crippen molar-refractivity contribution in [2.24, 2.45) is 0 Å². The van der Waals surface area contributed by atoms with Crippen LogP contribution in [0.5, 0.6) is 5.75 Å². The highest BCUT2D eigenvalue weighted by Crippen LogP contribution is 2.20. The molecule has 0 aliphatic heterocycles. The van der Waals surface area contributed by atoms with Crippen molar-refractivity contribution in [3.8, 4) is 5.75 Å². The molecule has 0 aromatic heterocycles. The van der Waals surface area contributed by atoms with E-state index < -0.39 is 0 Å². The van der Waals surface area contributed by atoms with Crippen LogP contribution >= 0.6 is 0 Å². The quantitative estimate of drug-likeness (QED) is 0.777. The Kier molecular flexibility index (Phi) is 3.89. The molecule has 3 heteroatoms. The predicted molar refractivity (Wildman–Crippen MR) is 54.8 cm³/mol. The first-order valence-corrected chi connectivity index (χ1v) is 4.87. The summed E-state index contributed by atoms with van der Waals surface area (Å²) in [4.78, 5) is 0. The zero-order chi connectivity index (χ0) is 10.6. The summed E-state index contributed by atoms with van der Waals surface area (Å²) >= 11 is 0. The van der Waals surface area contributed by atoms with E-state index in [1.54, 1.807) is 6.07 Å². The second-order valence-electron chi connectivity index (χ2n) is 3.38. The Labute approximate surface area is 83.8 Å². The monoisotopic (exact) mass is 197 g/mol.